The van der Waals surface area contributed by atoms with Crippen molar-refractivity contribution in [3.05, 3.63) is 40.4 Å². The second-order valence-corrected chi connectivity index (χ2v) is 5.67. The van der Waals surface area contributed by atoms with Crippen molar-refractivity contribution in [3.8, 4) is 0 Å². The third-order valence-electron chi connectivity index (χ3n) is 2.93. The Morgan fingerprint density at radius 3 is 2.55 bits per heavy atom. The van der Waals surface area contributed by atoms with Crippen molar-refractivity contribution in [2.45, 2.75) is 33.2 Å². The first-order chi connectivity index (χ1) is 9.45. The first kappa shape index (κ1) is 14.7. The van der Waals surface area contributed by atoms with E-state index in [9.17, 15) is 4.79 Å². The molecular formula is C14H17BrN4O. The molecule has 1 amide bonds. The number of aryl methyl sites for hydroxylation is 2. The van der Waals surface area contributed by atoms with Gasteiger partial charge in [-0.05, 0) is 45.0 Å². The van der Waals surface area contributed by atoms with Crippen LogP contribution in [0.4, 0.5) is 5.69 Å². The topological polar surface area (TPSA) is 59.8 Å². The number of nitrogens with zero attached hydrogens (tertiary/aromatic N) is 3. The largest absolute Gasteiger partial charge is 0.326 e. The SMILES string of the molecule is Cc1nc(C)n([C@@H](C)CC(=O)Nc2ccc(Br)cc2)n1. The van der Waals surface area contributed by atoms with Gasteiger partial charge < -0.3 is 5.32 Å². The van der Waals surface area contributed by atoms with Crippen molar-refractivity contribution >= 4 is 27.5 Å². The molecule has 0 bridgehead atoms. The van der Waals surface area contributed by atoms with Gasteiger partial charge in [0.25, 0.3) is 0 Å². The van der Waals surface area contributed by atoms with Gasteiger partial charge >= 0.3 is 0 Å². The van der Waals surface area contributed by atoms with E-state index in [0.29, 0.717) is 6.42 Å². The van der Waals surface area contributed by atoms with Crippen molar-refractivity contribution in [2.24, 2.45) is 0 Å². The van der Waals surface area contributed by atoms with Crippen molar-refractivity contribution in [3.63, 3.8) is 0 Å². The van der Waals surface area contributed by atoms with Gasteiger partial charge in [-0.2, -0.15) is 5.10 Å². The molecule has 0 aliphatic carbocycles. The monoisotopic (exact) mass is 336 g/mol. The number of aromatic nitrogens is 3. The molecule has 6 heteroatoms. The Bertz CT molecular complexity index is 606. The standard InChI is InChI=1S/C14H17BrN4O/c1-9(19-11(3)16-10(2)18-19)8-14(20)17-13-6-4-12(15)5-7-13/h4-7,9H,8H2,1-3H3,(H,17,20)/t9-/m0/s1. The average Bonchev–Trinajstić information content (AvgIpc) is 2.71. The Labute approximate surface area is 126 Å². The van der Waals surface area contributed by atoms with Crippen molar-refractivity contribution in [1.29, 1.82) is 0 Å². The Morgan fingerprint density at radius 1 is 1.35 bits per heavy atom. The third-order valence-corrected chi connectivity index (χ3v) is 3.46. The van der Waals surface area contributed by atoms with Crippen LogP contribution in [-0.4, -0.2) is 20.7 Å². The highest BCUT2D eigenvalue weighted by Crippen LogP contribution is 2.16. The lowest BCUT2D eigenvalue weighted by atomic mass is 10.2. The Balaban J connectivity index is 1.97. The Morgan fingerprint density at radius 2 is 2.00 bits per heavy atom. The van der Waals surface area contributed by atoms with Gasteiger partial charge in [0.2, 0.25) is 5.91 Å². The summed E-state index contributed by atoms with van der Waals surface area (Å²) in [6.07, 6.45) is 0.361. The molecule has 0 aliphatic rings. The quantitative estimate of drug-likeness (QED) is 0.932. The van der Waals surface area contributed by atoms with Gasteiger partial charge in [-0.1, -0.05) is 15.9 Å². The predicted molar refractivity (Wildman–Crippen MR) is 81.6 cm³/mol. The maximum absolute atomic E-state index is 12.0. The summed E-state index contributed by atoms with van der Waals surface area (Å²) in [4.78, 5) is 16.3. The molecule has 0 saturated heterocycles. The minimum atomic E-state index is -0.0348. The highest BCUT2D eigenvalue weighted by atomic mass is 79.9. The number of hydrogen-bond acceptors (Lipinski definition) is 3. The first-order valence-electron chi connectivity index (χ1n) is 6.41. The zero-order valence-corrected chi connectivity index (χ0v) is 13.3. The number of benzene rings is 1. The molecule has 0 spiro atoms. The van der Waals surface area contributed by atoms with E-state index in [1.165, 1.54) is 0 Å². The van der Waals surface area contributed by atoms with Gasteiger partial charge in [0.1, 0.15) is 11.6 Å². The molecule has 1 aromatic heterocycles. The summed E-state index contributed by atoms with van der Waals surface area (Å²) in [5.41, 5.74) is 0.789. The van der Waals surface area contributed by atoms with Gasteiger partial charge in [0, 0.05) is 16.6 Å². The highest BCUT2D eigenvalue weighted by Gasteiger charge is 2.14. The van der Waals surface area contributed by atoms with Crippen LogP contribution in [0.15, 0.2) is 28.7 Å². The number of nitrogens with one attached hydrogen (secondary N) is 1. The second kappa shape index (κ2) is 6.17. The number of hydrogen-bond donors (Lipinski definition) is 1. The summed E-state index contributed by atoms with van der Waals surface area (Å²) in [6.45, 7) is 5.70. The number of carbonyl (C=O) groups excluding carboxylic acids is 1. The first-order valence-corrected chi connectivity index (χ1v) is 7.20. The van der Waals surface area contributed by atoms with E-state index >= 15 is 0 Å². The lowest BCUT2D eigenvalue weighted by Gasteiger charge is -2.13. The second-order valence-electron chi connectivity index (χ2n) is 4.76. The van der Waals surface area contributed by atoms with Gasteiger partial charge in [0.15, 0.2) is 0 Å². The van der Waals surface area contributed by atoms with E-state index in [4.69, 9.17) is 0 Å². The minimum Gasteiger partial charge on any atom is -0.326 e. The molecule has 1 atom stereocenters. The number of anilines is 1. The molecule has 1 aromatic carbocycles. The van der Waals surface area contributed by atoms with Gasteiger partial charge in [-0.3, -0.25) is 4.79 Å². The molecule has 0 fully saturated rings. The molecule has 0 unspecified atom stereocenters. The molecule has 0 aliphatic heterocycles. The summed E-state index contributed by atoms with van der Waals surface area (Å²) in [5, 5.41) is 7.18. The molecule has 106 valence electrons. The van der Waals surface area contributed by atoms with Crippen LogP contribution in [0.1, 0.15) is 31.0 Å². The summed E-state index contributed by atoms with van der Waals surface area (Å²) >= 11 is 3.36. The van der Waals surface area contributed by atoms with Crippen molar-refractivity contribution < 1.29 is 4.79 Å². The van der Waals surface area contributed by atoms with Crippen LogP contribution in [-0.2, 0) is 4.79 Å². The fourth-order valence-corrected chi connectivity index (χ4v) is 2.32. The zero-order chi connectivity index (χ0) is 14.7. The molecule has 0 saturated carbocycles. The smallest absolute Gasteiger partial charge is 0.226 e. The van der Waals surface area contributed by atoms with Crippen LogP contribution in [0.25, 0.3) is 0 Å². The molecule has 2 rings (SSSR count). The van der Waals surface area contributed by atoms with E-state index in [2.05, 4.69) is 31.3 Å². The summed E-state index contributed by atoms with van der Waals surface area (Å²) in [7, 11) is 0. The molecule has 1 N–H and O–H groups in total. The number of amides is 1. The van der Waals surface area contributed by atoms with E-state index < -0.39 is 0 Å². The Kier molecular flexibility index (Phi) is 4.54. The predicted octanol–water partition coefficient (Wildman–Crippen LogP) is 3.25. The van der Waals surface area contributed by atoms with Crippen molar-refractivity contribution in [1.82, 2.24) is 14.8 Å². The maximum Gasteiger partial charge on any atom is 0.226 e. The number of halogens is 1. The van der Waals surface area contributed by atoms with Crippen molar-refractivity contribution in [2.75, 3.05) is 5.32 Å². The maximum atomic E-state index is 12.0. The molecule has 1 heterocycles. The molecule has 2 aromatic rings. The van der Waals surface area contributed by atoms with Crippen LogP contribution in [0.5, 0.6) is 0 Å². The summed E-state index contributed by atoms with van der Waals surface area (Å²) in [6, 6.07) is 7.48. The van der Waals surface area contributed by atoms with Gasteiger partial charge in [0.05, 0.1) is 6.04 Å². The Hall–Kier alpha value is -1.69. The van der Waals surface area contributed by atoms with Crippen LogP contribution in [0.3, 0.4) is 0 Å². The minimum absolute atomic E-state index is 0.0216. The number of carbonyl (C=O) groups is 1. The lowest BCUT2D eigenvalue weighted by Crippen LogP contribution is -2.19. The molecule has 0 radical (unpaired) electrons. The van der Waals surface area contributed by atoms with E-state index in [0.717, 1.165) is 21.8 Å². The van der Waals surface area contributed by atoms with Crippen LogP contribution in [0.2, 0.25) is 0 Å². The fourth-order valence-electron chi connectivity index (χ4n) is 2.05. The third kappa shape index (κ3) is 3.66. The highest BCUT2D eigenvalue weighted by molar-refractivity contribution is 9.10. The van der Waals surface area contributed by atoms with E-state index in [1.54, 1.807) is 4.68 Å². The van der Waals surface area contributed by atoms with Crippen LogP contribution in [0, 0.1) is 13.8 Å². The fraction of sp³-hybridized carbons (Fsp3) is 0.357. The van der Waals surface area contributed by atoms with Gasteiger partial charge in [-0.25, -0.2) is 9.67 Å². The average molecular weight is 337 g/mol. The normalized spacial score (nSPS) is 12.2. The number of rotatable bonds is 4. The van der Waals surface area contributed by atoms with E-state index in [1.807, 2.05) is 45.0 Å². The van der Waals surface area contributed by atoms with E-state index in [-0.39, 0.29) is 11.9 Å². The molecule has 5 nitrogen and oxygen atoms in total. The van der Waals surface area contributed by atoms with Crippen LogP contribution < -0.4 is 5.32 Å². The van der Waals surface area contributed by atoms with Crippen LogP contribution >= 0.6 is 15.9 Å². The molecule has 20 heavy (non-hydrogen) atoms. The van der Waals surface area contributed by atoms with Gasteiger partial charge in [-0.15, -0.1) is 0 Å². The summed E-state index contributed by atoms with van der Waals surface area (Å²) < 4.78 is 2.77. The lowest BCUT2D eigenvalue weighted by molar-refractivity contribution is -0.116. The molecular weight excluding hydrogens is 320 g/mol. The summed E-state index contributed by atoms with van der Waals surface area (Å²) in [5.74, 6) is 1.52. The zero-order valence-electron chi connectivity index (χ0n) is 11.7.